The van der Waals surface area contributed by atoms with E-state index in [0.29, 0.717) is 0 Å². The summed E-state index contributed by atoms with van der Waals surface area (Å²) in [5.41, 5.74) is 2.18. The zero-order chi connectivity index (χ0) is 9.97. The van der Waals surface area contributed by atoms with E-state index in [9.17, 15) is 0 Å². The second-order valence-electron chi connectivity index (χ2n) is 3.58. The lowest BCUT2D eigenvalue weighted by atomic mass is 10.2. The molecule has 1 heterocycles. The van der Waals surface area contributed by atoms with E-state index in [2.05, 4.69) is 19.1 Å². The average molecular weight is 190 g/mol. The number of fused-ring (bicyclic) bond motifs is 1. The van der Waals surface area contributed by atoms with Crippen molar-refractivity contribution in [2.75, 3.05) is 6.61 Å². The molecule has 0 saturated heterocycles. The Balaban J connectivity index is 2.32. The molecule has 14 heavy (non-hydrogen) atoms. The Labute approximate surface area is 83.2 Å². The van der Waals surface area contributed by atoms with Gasteiger partial charge in [0.2, 0.25) is 0 Å². The quantitative estimate of drug-likeness (QED) is 0.807. The second kappa shape index (κ2) is 3.84. The molecule has 0 amide bonds. The number of rotatable bonds is 3. The van der Waals surface area contributed by atoms with Crippen LogP contribution >= 0.6 is 0 Å². The molecule has 2 aromatic rings. The number of furan rings is 1. The summed E-state index contributed by atoms with van der Waals surface area (Å²) >= 11 is 0. The predicted molar refractivity (Wildman–Crippen MR) is 56.4 cm³/mol. The molecule has 2 heteroatoms. The molecule has 0 aliphatic carbocycles. The van der Waals surface area contributed by atoms with E-state index >= 15 is 0 Å². The number of hydrogen-bond acceptors (Lipinski definition) is 2. The van der Waals surface area contributed by atoms with Crippen molar-refractivity contribution in [2.24, 2.45) is 0 Å². The van der Waals surface area contributed by atoms with E-state index in [0.717, 1.165) is 29.6 Å². The summed E-state index contributed by atoms with van der Waals surface area (Å²) in [5, 5.41) is 9.86. The lowest BCUT2D eigenvalue weighted by Crippen LogP contribution is -1.85. The molecule has 1 aromatic carbocycles. The van der Waals surface area contributed by atoms with Crippen molar-refractivity contribution in [3.63, 3.8) is 0 Å². The van der Waals surface area contributed by atoms with Gasteiger partial charge in [0, 0.05) is 18.4 Å². The van der Waals surface area contributed by atoms with Crippen LogP contribution in [0.5, 0.6) is 0 Å². The number of aliphatic hydroxyl groups excluding tert-OH is 1. The second-order valence-corrected chi connectivity index (χ2v) is 3.58. The number of aliphatic hydroxyl groups is 1. The third-order valence-corrected chi connectivity index (χ3v) is 2.30. The summed E-state index contributed by atoms with van der Waals surface area (Å²) in [6, 6.07) is 8.20. The van der Waals surface area contributed by atoms with Crippen molar-refractivity contribution < 1.29 is 9.52 Å². The van der Waals surface area contributed by atoms with Crippen molar-refractivity contribution in [3.05, 3.63) is 35.6 Å². The van der Waals surface area contributed by atoms with Gasteiger partial charge in [-0.25, -0.2) is 0 Å². The van der Waals surface area contributed by atoms with Gasteiger partial charge >= 0.3 is 0 Å². The Bertz CT molecular complexity index is 429. The predicted octanol–water partition coefficient (Wildman–Crippen LogP) is 2.67. The van der Waals surface area contributed by atoms with Gasteiger partial charge in [0.15, 0.2) is 0 Å². The standard InChI is InChI=1S/C12H14O2/c1-9-4-5-12-10(7-9)8-11(14-12)3-2-6-13/h4-5,7-8,13H,2-3,6H2,1H3. The van der Waals surface area contributed by atoms with Gasteiger partial charge in [-0.3, -0.25) is 0 Å². The maximum Gasteiger partial charge on any atom is 0.134 e. The molecule has 0 aliphatic heterocycles. The summed E-state index contributed by atoms with van der Waals surface area (Å²) in [4.78, 5) is 0. The van der Waals surface area contributed by atoms with E-state index in [1.54, 1.807) is 0 Å². The summed E-state index contributed by atoms with van der Waals surface area (Å²) < 4.78 is 5.61. The molecule has 2 rings (SSSR count). The third kappa shape index (κ3) is 1.80. The molecule has 0 bridgehead atoms. The molecule has 74 valence electrons. The highest BCUT2D eigenvalue weighted by molar-refractivity contribution is 5.78. The van der Waals surface area contributed by atoms with E-state index < -0.39 is 0 Å². The summed E-state index contributed by atoms with van der Waals surface area (Å²) in [6.45, 7) is 2.29. The van der Waals surface area contributed by atoms with Crippen LogP contribution in [0.1, 0.15) is 17.7 Å². The largest absolute Gasteiger partial charge is 0.461 e. The van der Waals surface area contributed by atoms with E-state index in [4.69, 9.17) is 9.52 Å². The molecular weight excluding hydrogens is 176 g/mol. The number of hydrogen-bond donors (Lipinski definition) is 1. The zero-order valence-corrected chi connectivity index (χ0v) is 8.29. The molecule has 0 fully saturated rings. The Kier molecular flexibility index (Phi) is 2.55. The van der Waals surface area contributed by atoms with Gasteiger partial charge in [0.05, 0.1) is 0 Å². The lowest BCUT2D eigenvalue weighted by Gasteiger charge is -1.91. The fraction of sp³-hybridized carbons (Fsp3) is 0.333. The summed E-state index contributed by atoms with van der Waals surface area (Å²) in [7, 11) is 0. The van der Waals surface area contributed by atoms with Crippen LogP contribution in [0.25, 0.3) is 11.0 Å². The number of benzene rings is 1. The van der Waals surface area contributed by atoms with Crippen molar-refractivity contribution in [1.82, 2.24) is 0 Å². The highest BCUT2D eigenvalue weighted by Crippen LogP contribution is 2.21. The van der Waals surface area contributed by atoms with Crippen LogP contribution in [0.4, 0.5) is 0 Å². The zero-order valence-electron chi connectivity index (χ0n) is 8.29. The van der Waals surface area contributed by atoms with Gasteiger partial charge in [0.25, 0.3) is 0 Å². The smallest absolute Gasteiger partial charge is 0.134 e. The van der Waals surface area contributed by atoms with Crippen LogP contribution in [0.2, 0.25) is 0 Å². The fourth-order valence-corrected chi connectivity index (χ4v) is 1.59. The van der Waals surface area contributed by atoms with Crippen LogP contribution in [0, 0.1) is 6.92 Å². The molecule has 2 nitrogen and oxygen atoms in total. The molecule has 0 aliphatic rings. The molecule has 0 radical (unpaired) electrons. The van der Waals surface area contributed by atoms with Crippen LogP contribution in [-0.4, -0.2) is 11.7 Å². The van der Waals surface area contributed by atoms with Crippen molar-refractivity contribution in [1.29, 1.82) is 0 Å². The lowest BCUT2D eigenvalue weighted by molar-refractivity contribution is 0.285. The molecular formula is C12H14O2. The van der Waals surface area contributed by atoms with Crippen LogP contribution in [0.3, 0.4) is 0 Å². The maximum atomic E-state index is 8.70. The van der Waals surface area contributed by atoms with Crippen LogP contribution in [-0.2, 0) is 6.42 Å². The van der Waals surface area contributed by atoms with E-state index in [-0.39, 0.29) is 6.61 Å². The molecule has 0 saturated carbocycles. The van der Waals surface area contributed by atoms with Gasteiger partial charge in [-0.2, -0.15) is 0 Å². The summed E-state index contributed by atoms with van der Waals surface area (Å²) in [5.74, 6) is 0.958. The number of aryl methyl sites for hydroxylation is 2. The molecule has 0 unspecified atom stereocenters. The molecule has 1 N–H and O–H groups in total. The first kappa shape index (κ1) is 9.28. The van der Waals surface area contributed by atoms with Gasteiger partial charge < -0.3 is 9.52 Å². The summed E-state index contributed by atoms with van der Waals surface area (Å²) in [6.07, 6.45) is 1.57. The van der Waals surface area contributed by atoms with Crippen molar-refractivity contribution in [2.45, 2.75) is 19.8 Å². The van der Waals surface area contributed by atoms with E-state index in [1.807, 2.05) is 12.1 Å². The third-order valence-electron chi connectivity index (χ3n) is 2.30. The van der Waals surface area contributed by atoms with Crippen molar-refractivity contribution >= 4 is 11.0 Å². The molecule has 1 aromatic heterocycles. The first-order valence-corrected chi connectivity index (χ1v) is 4.89. The Morgan fingerprint density at radius 3 is 2.93 bits per heavy atom. The highest BCUT2D eigenvalue weighted by Gasteiger charge is 2.02. The Morgan fingerprint density at radius 1 is 1.29 bits per heavy atom. The normalized spacial score (nSPS) is 11.0. The molecule has 0 atom stereocenters. The first-order chi connectivity index (χ1) is 6.79. The van der Waals surface area contributed by atoms with E-state index in [1.165, 1.54) is 5.56 Å². The average Bonchev–Trinajstić information content (AvgIpc) is 2.56. The van der Waals surface area contributed by atoms with Crippen molar-refractivity contribution in [3.8, 4) is 0 Å². The first-order valence-electron chi connectivity index (χ1n) is 4.89. The molecule has 0 spiro atoms. The van der Waals surface area contributed by atoms with Gasteiger partial charge in [0.1, 0.15) is 11.3 Å². The minimum atomic E-state index is 0.218. The van der Waals surface area contributed by atoms with Crippen LogP contribution < -0.4 is 0 Å². The fourth-order valence-electron chi connectivity index (χ4n) is 1.59. The van der Waals surface area contributed by atoms with Gasteiger partial charge in [-0.05, 0) is 31.5 Å². The van der Waals surface area contributed by atoms with Crippen LogP contribution in [0.15, 0.2) is 28.7 Å². The SMILES string of the molecule is Cc1ccc2oc(CCCO)cc2c1. The Hall–Kier alpha value is -1.28. The Morgan fingerprint density at radius 2 is 2.14 bits per heavy atom. The maximum absolute atomic E-state index is 8.70. The minimum absolute atomic E-state index is 0.218. The monoisotopic (exact) mass is 190 g/mol. The van der Waals surface area contributed by atoms with Gasteiger partial charge in [-0.15, -0.1) is 0 Å². The topological polar surface area (TPSA) is 33.4 Å². The minimum Gasteiger partial charge on any atom is -0.461 e. The van der Waals surface area contributed by atoms with Gasteiger partial charge in [-0.1, -0.05) is 11.6 Å². The highest BCUT2D eigenvalue weighted by atomic mass is 16.3.